The molecule has 4 nitrogen and oxygen atoms in total. The highest BCUT2D eigenvalue weighted by atomic mass is 32.1. The van der Waals surface area contributed by atoms with Gasteiger partial charge in [-0.3, -0.25) is 0 Å². The lowest BCUT2D eigenvalue weighted by Gasteiger charge is -2.07. The summed E-state index contributed by atoms with van der Waals surface area (Å²) in [5, 5.41) is 11.2. The maximum Gasteiger partial charge on any atom is 0.339 e. The highest BCUT2D eigenvalue weighted by Gasteiger charge is 2.16. The lowest BCUT2D eigenvalue weighted by atomic mass is 10.00. The quantitative estimate of drug-likeness (QED) is 0.440. The third kappa shape index (κ3) is 4.32. The number of rotatable bonds is 6. The van der Waals surface area contributed by atoms with Crippen molar-refractivity contribution in [3.63, 3.8) is 0 Å². The Morgan fingerprint density at radius 2 is 1.89 bits per heavy atom. The number of carboxylic acid groups (broad SMARTS) is 1. The van der Waals surface area contributed by atoms with Crippen LogP contribution in [0.25, 0.3) is 28.7 Å². The van der Waals surface area contributed by atoms with Gasteiger partial charge in [-0.05, 0) is 41.5 Å². The Morgan fingerprint density at radius 3 is 2.57 bits per heavy atom. The van der Waals surface area contributed by atoms with Gasteiger partial charge in [-0.15, -0.1) is 11.3 Å². The van der Waals surface area contributed by atoms with E-state index in [4.69, 9.17) is 4.74 Å². The molecule has 0 fully saturated rings. The van der Waals surface area contributed by atoms with E-state index in [1.165, 1.54) is 25.3 Å². The van der Waals surface area contributed by atoms with Gasteiger partial charge in [0.2, 0.25) is 0 Å². The first-order valence-electron chi connectivity index (χ1n) is 8.14. The van der Waals surface area contributed by atoms with Gasteiger partial charge in [0.05, 0.1) is 19.1 Å². The van der Waals surface area contributed by atoms with Gasteiger partial charge in [0.25, 0.3) is 0 Å². The minimum atomic E-state index is -1.18. The van der Waals surface area contributed by atoms with Gasteiger partial charge in [0.1, 0.15) is 11.4 Å². The Bertz CT molecular complexity index is 1060. The van der Waals surface area contributed by atoms with Gasteiger partial charge >= 0.3 is 5.97 Å². The van der Waals surface area contributed by atoms with E-state index < -0.39 is 11.8 Å². The van der Waals surface area contributed by atoms with Gasteiger partial charge in [0, 0.05) is 10.9 Å². The Morgan fingerprint density at radius 1 is 1.18 bits per heavy atom. The fourth-order valence-electron chi connectivity index (χ4n) is 2.55. The van der Waals surface area contributed by atoms with Crippen molar-refractivity contribution in [1.82, 2.24) is 4.98 Å². The van der Waals surface area contributed by atoms with E-state index >= 15 is 0 Å². The van der Waals surface area contributed by atoms with E-state index in [2.05, 4.69) is 4.98 Å². The van der Waals surface area contributed by atoms with Crippen LogP contribution in [0.4, 0.5) is 8.78 Å². The number of carboxylic acids is 1. The molecule has 3 rings (SSSR count). The van der Waals surface area contributed by atoms with E-state index in [1.54, 1.807) is 41.8 Å². The summed E-state index contributed by atoms with van der Waals surface area (Å²) in [5.41, 5.74) is 1.82. The van der Waals surface area contributed by atoms with E-state index in [0.717, 1.165) is 17.6 Å². The average Bonchev–Trinajstić information content (AvgIpc) is 3.17. The number of benzene rings is 2. The minimum absolute atomic E-state index is 0.0895. The fraction of sp³-hybridized carbons (Fsp3) is 0.0476. The Balaban J connectivity index is 1.96. The predicted molar refractivity (Wildman–Crippen MR) is 106 cm³/mol. The number of halogens is 2. The van der Waals surface area contributed by atoms with Crippen molar-refractivity contribution < 1.29 is 23.4 Å². The summed E-state index contributed by atoms with van der Waals surface area (Å²) >= 11 is 1.10. The molecule has 142 valence electrons. The second-order valence-corrected chi connectivity index (χ2v) is 6.55. The first kappa shape index (κ1) is 19.4. The first-order valence-corrected chi connectivity index (χ1v) is 9.02. The van der Waals surface area contributed by atoms with Crippen molar-refractivity contribution >= 4 is 34.8 Å². The van der Waals surface area contributed by atoms with Gasteiger partial charge < -0.3 is 9.84 Å². The maximum atomic E-state index is 14.8. The molecule has 0 atom stereocenters. The zero-order valence-corrected chi connectivity index (χ0v) is 15.5. The zero-order chi connectivity index (χ0) is 20.1. The molecule has 1 heterocycles. The van der Waals surface area contributed by atoms with Crippen LogP contribution in [0.3, 0.4) is 0 Å². The van der Waals surface area contributed by atoms with Gasteiger partial charge in [-0.2, -0.15) is 0 Å². The molecule has 0 bridgehead atoms. The zero-order valence-electron chi connectivity index (χ0n) is 14.7. The maximum absolute atomic E-state index is 14.8. The molecule has 0 saturated carbocycles. The number of carbonyl (C=O) groups is 1. The Labute approximate surface area is 164 Å². The third-order valence-corrected chi connectivity index (χ3v) is 4.70. The van der Waals surface area contributed by atoms with Gasteiger partial charge in [-0.1, -0.05) is 24.3 Å². The monoisotopic (exact) mass is 399 g/mol. The molecule has 0 unspecified atom stereocenters. The number of ether oxygens (including phenoxy) is 1. The van der Waals surface area contributed by atoms with Crippen molar-refractivity contribution in [2.24, 2.45) is 0 Å². The summed E-state index contributed by atoms with van der Waals surface area (Å²) in [7, 11) is 1.34. The van der Waals surface area contributed by atoms with E-state index in [0.29, 0.717) is 22.4 Å². The topological polar surface area (TPSA) is 59.4 Å². The number of hydrogen-bond donors (Lipinski definition) is 1. The van der Waals surface area contributed by atoms with Crippen molar-refractivity contribution in [2.75, 3.05) is 7.11 Å². The summed E-state index contributed by atoms with van der Waals surface area (Å²) in [5.74, 6) is -2.15. The van der Waals surface area contributed by atoms with Crippen LogP contribution in [-0.2, 0) is 9.53 Å². The standard InChI is InChI=1S/C21H15F2NO3S/c1-27-11-17(21(25)26)16-5-3-2-4-14(16)10-18(23)20-24-19(12-28-20)13-6-8-15(22)9-7-13/h2-12H,1H3,(H,25,26). The van der Waals surface area contributed by atoms with E-state index in [-0.39, 0.29) is 16.4 Å². The Hall–Kier alpha value is -3.32. The summed E-state index contributed by atoms with van der Waals surface area (Å²) in [6.07, 6.45) is 2.33. The van der Waals surface area contributed by atoms with Gasteiger partial charge in [-0.25, -0.2) is 18.6 Å². The number of methoxy groups -OCH3 is 1. The summed E-state index contributed by atoms with van der Waals surface area (Å²) in [6.45, 7) is 0. The van der Waals surface area contributed by atoms with Crippen molar-refractivity contribution in [3.8, 4) is 11.3 Å². The molecule has 0 saturated heterocycles. The van der Waals surface area contributed by atoms with Crippen molar-refractivity contribution in [3.05, 3.63) is 82.1 Å². The molecule has 0 radical (unpaired) electrons. The molecular formula is C21H15F2NO3S. The van der Waals surface area contributed by atoms with Crippen LogP contribution >= 0.6 is 11.3 Å². The largest absolute Gasteiger partial charge is 0.503 e. The minimum Gasteiger partial charge on any atom is -0.503 e. The molecule has 2 aromatic carbocycles. The SMILES string of the molecule is COC=C(C(=O)O)c1ccccc1C=C(F)c1nc(-c2ccc(F)cc2)cs1. The van der Waals surface area contributed by atoms with Crippen LogP contribution < -0.4 is 0 Å². The highest BCUT2D eigenvalue weighted by Crippen LogP contribution is 2.30. The van der Waals surface area contributed by atoms with Gasteiger partial charge in [0.15, 0.2) is 10.8 Å². The molecule has 0 aliphatic rings. The van der Waals surface area contributed by atoms with Crippen LogP contribution in [0.15, 0.2) is 60.2 Å². The van der Waals surface area contributed by atoms with Crippen LogP contribution in [-0.4, -0.2) is 23.2 Å². The molecule has 1 aromatic heterocycles. The molecule has 3 aromatic rings. The number of nitrogens with zero attached hydrogens (tertiary/aromatic N) is 1. The fourth-order valence-corrected chi connectivity index (χ4v) is 3.28. The first-order chi connectivity index (χ1) is 13.5. The number of hydrogen-bond acceptors (Lipinski definition) is 4. The Kier molecular flexibility index (Phi) is 5.96. The molecule has 0 amide bonds. The van der Waals surface area contributed by atoms with Crippen LogP contribution in [0.2, 0.25) is 0 Å². The summed E-state index contributed by atoms with van der Waals surface area (Å²) < 4.78 is 32.7. The lowest BCUT2D eigenvalue weighted by molar-refractivity contribution is -0.130. The third-order valence-electron chi connectivity index (χ3n) is 3.85. The number of aliphatic carboxylic acids is 1. The summed E-state index contributed by atoms with van der Waals surface area (Å²) in [6, 6.07) is 12.3. The van der Waals surface area contributed by atoms with Crippen LogP contribution in [0.1, 0.15) is 16.1 Å². The van der Waals surface area contributed by atoms with Crippen molar-refractivity contribution in [2.45, 2.75) is 0 Å². The van der Waals surface area contributed by atoms with Crippen LogP contribution in [0, 0.1) is 5.82 Å². The normalized spacial score (nSPS) is 12.1. The smallest absolute Gasteiger partial charge is 0.339 e. The molecule has 0 aliphatic carbocycles. The molecule has 28 heavy (non-hydrogen) atoms. The van der Waals surface area contributed by atoms with E-state index in [9.17, 15) is 18.7 Å². The second kappa shape index (κ2) is 8.58. The molecule has 7 heteroatoms. The molecular weight excluding hydrogens is 384 g/mol. The van der Waals surface area contributed by atoms with Crippen LogP contribution in [0.5, 0.6) is 0 Å². The number of aromatic nitrogens is 1. The van der Waals surface area contributed by atoms with Crippen molar-refractivity contribution in [1.29, 1.82) is 0 Å². The molecule has 1 N–H and O–H groups in total. The lowest BCUT2D eigenvalue weighted by Crippen LogP contribution is -2.02. The molecule has 0 spiro atoms. The summed E-state index contributed by atoms with van der Waals surface area (Å²) in [4.78, 5) is 15.7. The average molecular weight is 399 g/mol. The second-order valence-electron chi connectivity index (χ2n) is 5.70. The molecule has 0 aliphatic heterocycles. The number of thiazole rings is 1. The predicted octanol–water partition coefficient (Wildman–Crippen LogP) is 5.49. The highest BCUT2D eigenvalue weighted by molar-refractivity contribution is 7.11. The van der Waals surface area contributed by atoms with E-state index in [1.807, 2.05) is 0 Å².